The van der Waals surface area contributed by atoms with Gasteiger partial charge in [-0.15, -0.1) is 0 Å². The number of anilines is 1. The smallest absolute Gasteiger partial charge is 0.302 e. The Bertz CT molecular complexity index is 970. The lowest BCUT2D eigenvalue weighted by Gasteiger charge is -2.16. The number of carbonyl (C=O) groups excluding carboxylic acids is 1. The highest BCUT2D eigenvalue weighted by molar-refractivity contribution is 7.92. The van der Waals surface area contributed by atoms with Gasteiger partial charge in [-0.1, -0.05) is 38.1 Å². The fraction of sp³-hybridized carbons (Fsp3) is 0.458. The van der Waals surface area contributed by atoms with E-state index in [0.717, 1.165) is 38.0 Å². The third-order valence-corrected chi connectivity index (χ3v) is 7.08. The van der Waals surface area contributed by atoms with E-state index in [2.05, 4.69) is 23.5 Å². The summed E-state index contributed by atoms with van der Waals surface area (Å²) in [6.45, 7) is 8.95. The zero-order valence-corrected chi connectivity index (χ0v) is 19.3. The highest BCUT2D eigenvalue weighted by atomic mass is 32.2. The van der Waals surface area contributed by atoms with E-state index in [1.807, 2.05) is 36.4 Å². The second kappa shape index (κ2) is 10.3. The molecule has 6 nitrogen and oxygen atoms in total. The largest absolute Gasteiger partial charge is 0.466 e. The first-order valence-electron chi connectivity index (χ1n) is 10.8. The van der Waals surface area contributed by atoms with Crippen molar-refractivity contribution < 1.29 is 17.9 Å². The quantitative estimate of drug-likeness (QED) is 0.460. The summed E-state index contributed by atoms with van der Waals surface area (Å²) in [6.07, 6.45) is 1.91. The Labute approximate surface area is 185 Å². The number of nitrogens with zero attached hydrogens (tertiary/aromatic N) is 1. The molecule has 1 fully saturated rings. The van der Waals surface area contributed by atoms with E-state index >= 15 is 0 Å². The van der Waals surface area contributed by atoms with Crippen LogP contribution in [0, 0.1) is 0 Å². The van der Waals surface area contributed by atoms with Crippen molar-refractivity contribution in [1.82, 2.24) is 4.90 Å². The zero-order valence-electron chi connectivity index (χ0n) is 18.5. The predicted octanol–water partition coefficient (Wildman–Crippen LogP) is 4.35. The molecule has 0 radical (unpaired) electrons. The Kier molecular flexibility index (Phi) is 7.73. The molecule has 7 heteroatoms. The van der Waals surface area contributed by atoms with Gasteiger partial charge in [0.05, 0.1) is 11.5 Å². The number of carbonyl (C=O) groups is 1. The first kappa shape index (κ1) is 23.3. The van der Waals surface area contributed by atoms with Crippen LogP contribution in [0.3, 0.4) is 0 Å². The SMILES string of the molecule is CC(=O)OCCCN1CCC(c2ccc(NS(=O)(=O)c3ccc(C(C)C)cc3)cc2)C1. The molecule has 1 aliphatic heterocycles. The molecule has 1 unspecified atom stereocenters. The minimum atomic E-state index is -3.61. The summed E-state index contributed by atoms with van der Waals surface area (Å²) in [5.41, 5.74) is 2.89. The topological polar surface area (TPSA) is 75.7 Å². The van der Waals surface area contributed by atoms with E-state index in [9.17, 15) is 13.2 Å². The van der Waals surface area contributed by atoms with E-state index < -0.39 is 10.0 Å². The second-order valence-electron chi connectivity index (χ2n) is 8.43. The number of sulfonamides is 1. The number of hydrogen-bond donors (Lipinski definition) is 1. The van der Waals surface area contributed by atoms with Crippen molar-refractivity contribution in [3.05, 3.63) is 59.7 Å². The highest BCUT2D eigenvalue weighted by Gasteiger charge is 2.23. The third-order valence-electron chi connectivity index (χ3n) is 5.69. The number of likely N-dealkylation sites (tertiary alicyclic amines) is 1. The van der Waals surface area contributed by atoms with Gasteiger partial charge >= 0.3 is 5.97 Å². The van der Waals surface area contributed by atoms with E-state index in [0.29, 0.717) is 24.1 Å². The molecule has 0 amide bonds. The second-order valence-corrected chi connectivity index (χ2v) is 10.1. The molecule has 1 heterocycles. The Hall–Kier alpha value is -2.38. The van der Waals surface area contributed by atoms with Gasteiger partial charge in [-0.05, 0) is 66.6 Å². The van der Waals surface area contributed by atoms with Gasteiger partial charge in [0.2, 0.25) is 0 Å². The minimum absolute atomic E-state index is 0.234. The zero-order chi connectivity index (χ0) is 22.4. The van der Waals surface area contributed by atoms with Crippen LogP contribution < -0.4 is 4.72 Å². The average Bonchev–Trinajstić information content (AvgIpc) is 3.20. The Morgan fingerprint density at radius 2 is 1.81 bits per heavy atom. The molecule has 0 aromatic heterocycles. The van der Waals surface area contributed by atoms with Crippen molar-refractivity contribution in [2.45, 2.75) is 50.3 Å². The highest BCUT2D eigenvalue weighted by Crippen LogP contribution is 2.28. The van der Waals surface area contributed by atoms with Gasteiger partial charge in [-0.2, -0.15) is 0 Å². The maximum atomic E-state index is 12.7. The van der Waals surface area contributed by atoms with Crippen LogP contribution in [0.15, 0.2) is 53.4 Å². The lowest BCUT2D eigenvalue weighted by molar-refractivity contribution is -0.141. The average molecular weight is 445 g/mol. The lowest BCUT2D eigenvalue weighted by atomic mass is 9.98. The van der Waals surface area contributed by atoms with E-state index in [1.165, 1.54) is 12.5 Å². The van der Waals surface area contributed by atoms with E-state index in [1.54, 1.807) is 12.1 Å². The van der Waals surface area contributed by atoms with Crippen molar-refractivity contribution in [1.29, 1.82) is 0 Å². The van der Waals surface area contributed by atoms with Crippen LogP contribution in [-0.4, -0.2) is 45.5 Å². The van der Waals surface area contributed by atoms with Crippen molar-refractivity contribution in [3.8, 4) is 0 Å². The number of ether oxygens (including phenoxy) is 1. The van der Waals surface area contributed by atoms with E-state index in [4.69, 9.17) is 4.74 Å². The van der Waals surface area contributed by atoms with Gasteiger partial charge < -0.3 is 9.64 Å². The molecule has 31 heavy (non-hydrogen) atoms. The van der Waals surface area contributed by atoms with Gasteiger partial charge in [0, 0.05) is 25.7 Å². The Morgan fingerprint density at radius 1 is 1.13 bits per heavy atom. The summed E-state index contributed by atoms with van der Waals surface area (Å²) in [6, 6.07) is 14.7. The van der Waals surface area contributed by atoms with Gasteiger partial charge in [0.15, 0.2) is 0 Å². The van der Waals surface area contributed by atoms with Crippen molar-refractivity contribution >= 4 is 21.7 Å². The van der Waals surface area contributed by atoms with Gasteiger partial charge in [0.1, 0.15) is 0 Å². The Balaban J connectivity index is 1.55. The Morgan fingerprint density at radius 3 is 2.42 bits per heavy atom. The summed E-state index contributed by atoms with van der Waals surface area (Å²) in [5, 5.41) is 0. The molecule has 0 saturated carbocycles. The molecule has 2 aromatic rings. The molecular weight excluding hydrogens is 412 g/mol. The van der Waals surface area contributed by atoms with Gasteiger partial charge in [-0.25, -0.2) is 8.42 Å². The lowest BCUT2D eigenvalue weighted by Crippen LogP contribution is -2.23. The van der Waals surface area contributed by atoms with E-state index in [-0.39, 0.29) is 10.9 Å². The third kappa shape index (κ3) is 6.55. The number of benzene rings is 2. The molecule has 1 saturated heterocycles. The van der Waals surface area contributed by atoms with Crippen LogP contribution in [0.1, 0.15) is 56.6 Å². The monoisotopic (exact) mass is 444 g/mol. The predicted molar refractivity (Wildman–Crippen MR) is 123 cm³/mol. The van der Waals surface area contributed by atoms with Crippen LogP contribution in [-0.2, 0) is 19.6 Å². The summed E-state index contributed by atoms with van der Waals surface area (Å²) in [7, 11) is -3.61. The summed E-state index contributed by atoms with van der Waals surface area (Å²) in [4.78, 5) is 13.5. The summed E-state index contributed by atoms with van der Waals surface area (Å²) in [5.74, 6) is 0.559. The summed E-state index contributed by atoms with van der Waals surface area (Å²) >= 11 is 0. The van der Waals surface area contributed by atoms with Crippen molar-refractivity contribution in [3.63, 3.8) is 0 Å². The van der Waals surface area contributed by atoms with Crippen LogP contribution in [0.25, 0.3) is 0 Å². The number of hydrogen-bond acceptors (Lipinski definition) is 5. The molecule has 168 valence electrons. The van der Waals surface area contributed by atoms with Crippen LogP contribution in [0.2, 0.25) is 0 Å². The maximum Gasteiger partial charge on any atom is 0.302 e. The standard InChI is InChI=1S/C24H32N2O4S/c1-18(2)20-7-11-24(12-8-20)31(28,29)25-23-9-5-21(6-10-23)22-13-15-26(17-22)14-4-16-30-19(3)27/h5-12,18,22,25H,4,13-17H2,1-3H3. The fourth-order valence-electron chi connectivity index (χ4n) is 3.88. The first-order chi connectivity index (χ1) is 14.7. The van der Waals surface area contributed by atoms with Crippen molar-refractivity contribution in [2.24, 2.45) is 0 Å². The molecule has 0 aliphatic carbocycles. The molecule has 1 N–H and O–H groups in total. The van der Waals surface area contributed by atoms with Gasteiger partial charge in [0.25, 0.3) is 10.0 Å². The summed E-state index contributed by atoms with van der Waals surface area (Å²) < 4.78 is 33.0. The molecule has 0 bridgehead atoms. The molecule has 2 aromatic carbocycles. The normalized spacial score (nSPS) is 17.1. The number of rotatable bonds is 9. The van der Waals surface area contributed by atoms with Crippen molar-refractivity contribution in [2.75, 3.05) is 31.0 Å². The van der Waals surface area contributed by atoms with Crippen LogP contribution in [0.5, 0.6) is 0 Å². The van der Waals surface area contributed by atoms with Crippen LogP contribution in [0.4, 0.5) is 5.69 Å². The van der Waals surface area contributed by atoms with Crippen LogP contribution >= 0.6 is 0 Å². The number of nitrogens with one attached hydrogen (secondary N) is 1. The number of esters is 1. The maximum absolute atomic E-state index is 12.7. The fourth-order valence-corrected chi connectivity index (χ4v) is 4.94. The molecule has 0 spiro atoms. The molecule has 1 atom stereocenters. The first-order valence-corrected chi connectivity index (χ1v) is 12.3. The molecular formula is C24H32N2O4S. The minimum Gasteiger partial charge on any atom is -0.466 e. The van der Waals surface area contributed by atoms with Gasteiger partial charge in [-0.3, -0.25) is 9.52 Å². The molecule has 3 rings (SSSR count). The molecule has 1 aliphatic rings.